The van der Waals surface area contributed by atoms with E-state index in [1.807, 2.05) is 0 Å². The second kappa shape index (κ2) is 13.1. The zero-order valence-corrected chi connectivity index (χ0v) is 17.5. The lowest BCUT2D eigenvalue weighted by Gasteiger charge is -2.17. The van der Waals surface area contributed by atoms with Crippen molar-refractivity contribution in [1.29, 1.82) is 0 Å². The Morgan fingerprint density at radius 2 is 2.00 bits per heavy atom. The number of nitrogens with zero attached hydrogens (tertiary/aromatic N) is 1. The molecule has 0 radical (unpaired) electrons. The molecule has 1 atom stereocenters. The number of hydrogen-bond donors (Lipinski definition) is 3. The molecule has 0 saturated carbocycles. The second-order valence-corrected chi connectivity index (χ2v) is 7.70. The third-order valence-electron chi connectivity index (χ3n) is 5.26. The number of aliphatic carboxylic acids is 1. The molecule has 1 amide bonds. The van der Waals surface area contributed by atoms with E-state index in [1.54, 1.807) is 7.11 Å². The Balaban J connectivity index is 1.57. The van der Waals surface area contributed by atoms with Crippen LogP contribution in [0.3, 0.4) is 0 Å². The topological polar surface area (TPSA) is 101 Å². The van der Waals surface area contributed by atoms with Crippen LogP contribution in [0.5, 0.6) is 0 Å². The molecule has 0 aliphatic carbocycles. The largest absolute Gasteiger partial charge is 0.480 e. The quantitative estimate of drug-likeness (QED) is 0.411. The standard InChI is InChI=1S/C22H35N3O4/c1-29-16-8-12-20(26)25-19(22(27)28)11-6-4-2-3-5-10-18-14-13-17-9-7-15-23-21(17)24-18/h13-14,19H,2-12,15-16H2,1H3,(H,23,24)(H,25,26)(H,27,28). The predicted molar refractivity (Wildman–Crippen MR) is 113 cm³/mol. The summed E-state index contributed by atoms with van der Waals surface area (Å²) >= 11 is 0. The maximum Gasteiger partial charge on any atom is 0.326 e. The molecule has 7 nitrogen and oxygen atoms in total. The van der Waals surface area contributed by atoms with Crippen LogP contribution in [0.1, 0.15) is 69.0 Å². The first-order valence-corrected chi connectivity index (χ1v) is 10.8. The number of methoxy groups -OCH3 is 1. The number of carboxylic acids is 1. The van der Waals surface area contributed by atoms with E-state index in [0.717, 1.165) is 63.0 Å². The van der Waals surface area contributed by atoms with Gasteiger partial charge in [0.15, 0.2) is 0 Å². The van der Waals surface area contributed by atoms with Crippen molar-refractivity contribution in [2.45, 2.75) is 76.7 Å². The van der Waals surface area contributed by atoms with Crippen molar-refractivity contribution < 1.29 is 19.4 Å². The summed E-state index contributed by atoms with van der Waals surface area (Å²) in [6.07, 6.45) is 9.67. The number of carbonyl (C=O) groups is 2. The third kappa shape index (κ3) is 8.81. The highest BCUT2D eigenvalue weighted by Crippen LogP contribution is 2.20. The van der Waals surface area contributed by atoms with Crippen molar-refractivity contribution in [3.8, 4) is 0 Å². The Morgan fingerprint density at radius 3 is 2.79 bits per heavy atom. The summed E-state index contributed by atoms with van der Waals surface area (Å²) in [6, 6.07) is 3.54. The Kier molecular flexibility index (Phi) is 10.5. The van der Waals surface area contributed by atoms with Crippen LogP contribution >= 0.6 is 0 Å². The number of amides is 1. The number of nitrogens with one attached hydrogen (secondary N) is 2. The van der Waals surface area contributed by atoms with Crippen molar-refractivity contribution in [3.63, 3.8) is 0 Å². The predicted octanol–water partition coefficient (Wildman–Crippen LogP) is 3.32. The van der Waals surface area contributed by atoms with Crippen molar-refractivity contribution in [1.82, 2.24) is 10.3 Å². The minimum atomic E-state index is -0.961. The molecule has 2 rings (SSSR count). The average molecular weight is 406 g/mol. The van der Waals surface area contributed by atoms with Gasteiger partial charge in [0, 0.05) is 32.4 Å². The molecular formula is C22H35N3O4. The lowest BCUT2D eigenvalue weighted by molar-refractivity contribution is -0.142. The summed E-state index contributed by atoms with van der Waals surface area (Å²) in [5.41, 5.74) is 2.46. The number of aromatic nitrogens is 1. The smallest absolute Gasteiger partial charge is 0.326 e. The van der Waals surface area contributed by atoms with Gasteiger partial charge in [0.2, 0.25) is 5.91 Å². The highest BCUT2D eigenvalue weighted by atomic mass is 16.5. The molecule has 0 bridgehead atoms. The van der Waals surface area contributed by atoms with Gasteiger partial charge in [-0.1, -0.05) is 31.7 Å². The maximum absolute atomic E-state index is 11.8. The molecule has 3 N–H and O–H groups in total. The van der Waals surface area contributed by atoms with Crippen LogP contribution in [0.2, 0.25) is 0 Å². The number of unbranched alkanes of at least 4 members (excludes halogenated alkanes) is 4. The van der Waals surface area contributed by atoms with Gasteiger partial charge in [-0.3, -0.25) is 4.79 Å². The Bertz CT molecular complexity index is 651. The molecule has 29 heavy (non-hydrogen) atoms. The summed E-state index contributed by atoms with van der Waals surface area (Å²) in [6.45, 7) is 1.51. The zero-order valence-electron chi connectivity index (χ0n) is 17.5. The van der Waals surface area contributed by atoms with Gasteiger partial charge in [-0.05, 0) is 50.2 Å². The van der Waals surface area contributed by atoms with E-state index in [0.29, 0.717) is 25.9 Å². The molecule has 0 fully saturated rings. The highest BCUT2D eigenvalue weighted by Gasteiger charge is 2.19. The van der Waals surface area contributed by atoms with Crippen LogP contribution < -0.4 is 10.6 Å². The summed E-state index contributed by atoms with van der Waals surface area (Å²) in [4.78, 5) is 27.8. The van der Waals surface area contributed by atoms with Crippen LogP contribution in [0.4, 0.5) is 5.82 Å². The molecule has 2 heterocycles. The van der Waals surface area contributed by atoms with E-state index in [1.165, 1.54) is 12.0 Å². The minimum absolute atomic E-state index is 0.221. The van der Waals surface area contributed by atoms with E-state index in [2.05, 4.69) is 22.8 Å². The van der Waals surface area contributed by atoms with Crippen LogP contribution in [-0.2, 0) is 27.2 Å². The van der Waals surface area contributed by atoms with E-state index in [9.17, 15) is 14.7 Å². The molecule has 1 aromatic heterocycles. The van der Waals surface area contributed by atoms with Crippen molar-refractivity contribution in [3.05, 3.63) is 23.4 Å². The number of rotatable bonds is 14. The van der Waals surface area contributed by atoms with Gasteiger partial charge in [0.25, 0.3) is 0 Å². The first kappa shape index (κ1) is 23.1. The third-order valence-corrected chi connectivity index (χ3v) is 5.26. The molecule has 162 valence electrons. The fourth-order valence-electron chi connectivity index (χ4n) is 3.59. The Hall–Kier alpha value is -2.15. The van der Waals surface area contributed by atoms with Gasteiger partial charge < -0.3 is 20.5 Å². The average Bonchev–Trinajstić information content (AvgIpc) is 2.72. The number of ether oxygens (including phenoxy) is 1. The van der Waals surface area contributed by atoms with Crippen LogP contribution in [0.25, 0.3) is 0 Å². The number of carbonyl (C=O) groups excluding carboxylic acids is 1. The van der Waals surface area contributed by atoms with Crippen LogP contribution in [0.15, 0.2) is 12.1 Å². The maximum atomic E-state index is 11.8. The van der Waals surface area contributed by atoms with Crippen LogP contribution in [-0.4, -0.2) is 48.3 Å². The highest BCUT2D eigenvalue weighted by molar-refractivity contribution is 5.83. The van der Waals surface area contributed by atoms with E-state index >= 15 is 0 Å². The normalized spacial score (nSPS) is 14.0. The van der Waals surface area contributed by atoms with E-state index in [4.69, 9.17) is 9.72 Å². The van der Waals surface area contributed by atoms with Crippen molar-refractivity contribution >= 4 is 17.7 Å². The van der Waals surface area contributed by atoms with Gasteiger partial charge in [0.05, 0.1) is 0 Å². The fourth-order valence-corrected chi connectivity index (χ4v) is 3.59. The summed E-state index contributed by atoms with van der Waals surface area (Å²) in [5, 5.41) is 15.3. The van der Waals surface area contributed by atoms with E-state index < -0.39 is 12.0 Å². The lowest BCUT2D eigenvalue weighted by Crippen LogP contribution is -2.40. The van der Waals surface area contributed by atoms with Crippen molar-refractivity contribution in [2.75, 3.05) is 25.6 Å². The molecule has 1 aliphatic heterocycles. The zero-order chi connectivity index (χ0) is 20.9. The van der Waals surface area contributed by atoms with Gasteiger partial charge in [-0.2, -0.15) is 0 Å². The number of carboxylic acid groups (broad SMARTS) is 1. The number of fused-ring (bicyclic) bond motifs is 1. The van der Waals surface area contributed by atoms with Gasteiger partial charge >= 0.3 is 5.97 Å². The SMILES string of the molecule is COCCCC(=O)NC(CCCCCCCc1ccc2c(n1)NCCC2)C(=O)O. The van der Waals surface area contributed by atoms with Crippen LogP contribution in [0, 0.1) is 0 Å². The first-order valence-electron chi connectivity index (χ1n) is 10.8. The fraction of sp³-hybridized carbons (Fsp3) is 0.682. The van der Waals surface area contributed by atoms with E-state index in [-0.39, 0.29) is 5.91 Å². The summed E-state index contributed by atoms with van der Waals surface area (Å²) in [7, 11) is 1.58. The molecule has 0 spiro atoms. The number of aryl methyl sites for hydroxylation is 2. The van der Waals surface area contributed by atoms with Crippen molar-refractivity contribution in [2.24, 2.45) is 0 Å². The lowest BCUT2D eigenvalue weighted by atomic mass is 10.0. The second-order valence-electron chi connectivity index (χ2n) is 7.70. The molecule has 0 aromatic carbocycles. The number of hydrogen-bond acceptors (Lipinski definition) is 5. The Morgan fingerprint density at radius 1 is 1.21 bits per heavy atom. The molecule has 1 aromatic rings. The molecular weight excluding hydrogens is 370 g/mol. The molecule has 1 aliphatic rings. The molecule has 0 saturated heterocycles. The molecule has 1 unspecified atom stereocenters. The Labute approximate surface area is 173 Å². The van der Waals surface area contributed by atoms with Gasteiger partial charge in [-0.25, -0.2) is 9.78 Å². The minimum Gasteiger partial charge on any atom is -0.480 e. The number of pyridine rings is 1. The molecule has 7 heteroatoms. The summed E-state index contributed by atoms with van der Waals surface area (Å²) in [5.74, 6) is -0.128. The monoisotopic (exact) mass is 405 g/mol. The number of anilines is 1. The van der Waals surface area contributed by atoms with Gasteiger partial charge in [0.1, 0.15) is 11.9 Å². The first-order chi connectivity index (χ1) is 14.1. The summed E-state index contributed by atoms with van der Waals surface area (Å²) < 4.78 is 4.91. The van der Waals surface area contributed by atoms with Gasteiger partial charge in [-0.15, -0.1) is 0 Å².